The molecule has 0 saturated heterocycles. The predicted molar refractivity (Wildman–Crippen MR) is 96.8 cm³/mol. The van der Waals surface area contributed by atoms with E-state index in [1.807, 2.05) is 26.0 Å². The number of nitrogens with one attached hydrogen (secondary N) is 2. The van der Waals surface area contributed by atoms with Crippen LogP contribution in [0.15, 0.2) is 47.2 Å². The van der Waals surface area contributed by atoms with E-state index in [0.717, 1.165) is 16.5 Å². The molecule has 0 bridgehead atoms. The van der Waals surface area contributed by atoms with E-state index in [4.69, 9.17) is 0 Å². The number of carbonyl (C=O) groups excluding carboxylic acids is 2. The summed E-state index contributed by atoms with van der Waals surface area (Å²) in [5.41, 5.74) is 1.93. The highest BCUT2D eigenvalue weighted by atomic mass is 79.9. The van der Waals surface area contributed by atoms with Gasteiger partial charge in [-0.3, -0.25) is 14.6 Å². The van der Waals surface area contributed by atoms with Crippen LogP contribution in [-0.4, -0.2) is 22.8 Å². The van der Waals surface area contributed by atoms with Gasteiger partial charge < -0.3 is 10.6 Å². The van der Waals surface area contributed by atoms with Crippen LogP contribution in [0, 0.1) is 0 Å². The maximum Gasteiger partial charge on any atom is 0.253 e. The highest BCUT2D eigenvalue weighted by Gasteiger charge is 2.10. The second kappa shape index (κ2) is 8.59. The first-order valence-corrected chi connectivity index (χ1v) is 8.57. The lowest BCUT2D eigenvalue weighted by Crippen LogP contribution is -2.32. The van der Waals surface area contributed by atoms with Crippen molar-refractivity contribution >= 4 is 27.7 Å². The molecule has 2 N–H and O–H groups in total. The molecule has 0 saturated carbocycles. The average Bonchev–Trinajstić information content (AvgIpc) is 2.59. The first-order chi connectivity index (χ1) is 11.5. The van der Waals surface area contributed by atoms with Crippen molar-refractivity contribution in [3.05, 3.63) is 63.9 Å². The molecule has 1 aromatic heterocycles. The smallest absolute Gasteiger partial charge is 0.253 e. The molecule has 0 aliphatic heterocycles. The third-order valence-electron chi connectivity index (χ3n) is 3.60. The summed E-state index contributed by atoms with van der Waals surface area (Å²) in [4.78, 5) is 28.2. The van der Waals surface area contributed by atoms with Crippen LogP contribution < -0.4 is 10.6 Å². The lowest BCUT2D eigenvalue weighted by molar-refractivity contribution is 0.0936. The highest BCUT2D eigenvalue weighted by Crippen LogP contribution is 2.10. The number of hydrogen-bond acceptors (Lipinski definition) is 3. The van der Waals surface area contributed by atoms with Crippen molar-refractivity contribution in [2.24, 2.45) is 0 Å². The number of benzene rings is 1. The van der Waals surface area contributed by atoms with E-state index in [2.05, 4.69) is 31.5 Å². The van der Waals surface area contributed by atoms with Crippen LogP contribution in [0.1, 0.15) is 46.5 Å². The van der Waals surface area contributed by atoms with E-state index in [1.165, 1.54) is 6.20 Å². The van der Waals surface area contributed by atoms with Gasteiger partial charge in [-0.1, -0.05) is 19.1 Å². The Morgan fingerprint density at radius 3 is 2.67 bits per heavy atom. The van der Waals surface area contributed by atoms with Crippen LogP contribution in [0.25, 0.3) is 0 Å². The van der Waals surface area contributed by atoms with Gasteiger partial charge in [-0.05, 0) is 53.0 Å². The molecule has 126 valence electrons. The Morgan fingerprint density at radius 1 is 1.17 bits per heavy atom. The van der Waals surface area contributed by atoms with Crippen LogP contribution >= 0.6 is 15.9 Å². The van der Waals surface area contributed by atoms with E-state index in [1.54, 1.807) is 24.4 Å². The van der Waals surface area contributed by atoms with Gasteiger partial charge in [0.25, 0.3) is 11.8 Å². The van der Waals surface area contributed by atoms with Gasteiger partial charge in [-0.2, -0.15) is 0 Å². The Morgan fingerprint density at radius 2 is 1.96 bits per heavy atom. The monoisotopic (exact) mass is 389 g/mol. The first kappa shape index (κ1) is 18.1. The summed E-state index contributed by atoms with van der Waals surface area (Å²) in [7, 11) is 0. The van der Waals surface area contributed by atoms with Gasteiger partial charge in [0.15, 0.2) is 0 Å². The SMILES string of the molecule is CC[C@H](C)NC(=O)c1cccc(CNC(=O)c2cncc(Br)c2)c1. The summed E-state index contributed by atoms with van der Waals surface area (Å²) in [5, 5.41) is 5.76. The molecule has 5 nitrogen and oxygen atoms in total. The zero-order valence-electron chi connectivity index (χ0n) is 13.7. The van der Waals surface area contributed by atoms with Gasteiger partial charge >= 0.3 is 0 Å². The van der Waals surface area contributed by atoms with Gasteiger partial charge in [0.1, 0.15) is 0 Å². The molecule has 0 unspecified atom stereocenters. The summed E-state index contributed by atoms with van der Waals surface area (Å²) in [6.45, 7) is 4.33. The number of halogens is 1. The van der Waals surface area contributed by atoms with Crippen LogP contribution in [0.2, 0.25) is 0 Å². The number of carbonyl (C=O) groups is 2. The number of aromatic nitrogens is 1. The molecule has 1 aromatic carbocycles. The first-order valence-electron chi connectivity index (χ1n) is 7.78. The summed E-state index contributed by atoms with van der Waals surface area (Å²) >= 11 is 3.29. The number of pyridine rings is 1. The Labute approximate surface area is 150 Å². The van der Waals surface area contributed by atoms with Crippen molar-refractivity contribution in [2.75, 3.05) is 0 Å². The molecular weight excluding hydrogens is 370 g/mol. The van der Waals surface area contributed by atoms with Crippen LogP contribution in [0.4, 0.5) is 0 Å². The fourth-order valence-corrected chi connectivity index (χ4v) is 2.42. The largest absolute Gasteiger partial charge is 0.350 e. The van der Waals surface area contributed by atoms with E-state index in [9.17, 15) is 9.59 Å². The standard InChI is InChI=1S/C18H20BrN3O2/c1-3-12(2)22-18(24)14-6-4-5-13(7-14)9-21-17(23)15-8-16(19)11-20-10-15/h4-8,10-12H,3,9H2,1-2H3,(H,21,23)(H,22,24)/t12-/m0/s1. The summed E-state index contributed by atoms with van der Waals surface area (Å²) in [6, 6.07) is 9.08. The molecule has 0 spiro atoms. The minimum Gasteiger partial charge on any atom is -0.350 e. The molecule has 2 rings (SSSR count). The van der Waals surface area contributed by atoms with Gasteiger partial charge in [0, 0.05) is 35.0 Å². The van der Waals surface area contributed by atoms with E-state index in [-0.39, 0.29) is 17.9 Å². The normalized spacial score (nSPS) is 11.6. The van der Waals surface area contributed by atoms with Gasteiger partial charge in [0.05, 0.1) is 5.56 Å². The number of amides is 2. The van der Waals surface area contributed by atoms with Crippen LogP contribution in [0.3, 0.4) is 0 Å². The quantitative estimate of drug-likeness (QED) is 0.795. The third-order valence-corrected chi connectivity index (χ3v) is 4.03. The molecule has 0 radical (unpaired) electrons. The summed E-state index contributed by atoms with van der Waals surface area (Å²) in [5.74, 6) is -0.313. The molecule has 1 atom stereocenters. The molecule has 2 aromatic rings. The zero-order chi connectivity index (χ0) is 17.5. The second-order valence-corrected chi connectivity index (χ2v) is 6.47. The molecule has 1 heterocycles. The molecule has 2 amide bonds. The van der Waals surface area contributed by atoms with Crippen LogP contribution in [0.5, 0.6) is 0 Å². The average molecular weight is 390 g/mol. The van der Waals surface area contributed by atoms with E-state index >= 15 is 0 Å². The van der Waals surface area contributed by atoms with Crippen molar-refractivity contribution in [1.29, 1.82) is 0 Å². The van der Waals surface area contributed by atoms with Crippen molar-refractivity contribution in [1.82, 2.24) is 15.6 Å². The maximum atomic E-state index is 12.2. The van der Waals surface area contributed by atoms with Crippen molar-refractivity contribution in [2.45, 2.75) is 32.9 Å². The Balaban J connectivity index is 1.99. The fraction of sp³-hybridized carbons (Fsp3) is 0.278. The molecular formula is C18H20BrN3O2. The van der Waals surface area contributed by atoms with Gasteiger partial charge in [-0.15, -0.1) is 0 Å². The Hall–Kier alpha value is -2.21. The van der Waals surface area contributed by atoms with E-state index < -0.39 is 0 Å². The second-order valence-electron chi connectivity index (χ2n) is 5.56. The Bertz CT molecular complexity index is 734. The Kier molecular flexibility index (Phi) is 6.49. The fourth-order valence-electron chi connectivity index (χ4n) is 2.05. The van der Waals surface area contributed by atoms with Gasteiger partial charge in [0.2, 0.25) is 0 Å². The number of hydrogen-bond donors (Lipinski definition) is 2. The topological polar surface area (TPSA) is 71.1 Å². The minimum atomic E-state index is -0.210. The maximum absolute atomic E-state index is 12.2. The number of rotatable bonds is 6. The van der Waals surface area contributed by atoms with E-state index in [0.29, 0.717) is 17.7 Å². The molecule has 0 fully saturated rings. The summed E-state index contributed by atoms with van der Waals surface area (Å²) < 4.78 is 0.749. The van der Waals surface area contributed by atoms with Crippen molar-refractivity contribution in [3.8, 4) is 0 Å². The lowest BCUT2D eigenvalue weighted by Gasteiger charge is -2.12. The minimum absolute atomic E-state index is 0.103. The highest BCUT2D eigenvalue weighted by molar-refractivity contribution is 9.10. The third kappa shape index (κ3) is 5.16. The number of nitrogens with zero attached hydrogens (tertiary/aromatic N) is 1. The molecule has 6 heteroatoms. The van der Waals surface area contributed by atoms with Crippen molar-refractivity contribution < 1.29 is 9.59 Å². The molecule has 24 heavy (non-hydrogen) atoms. The zero-order valence-corrected chi connectivity index (χ0v) is 15.3. The molecule has 0 aliphatic carbocycles. The van der Waals surface area contributed by atoms with Gasteiger partial charge in [-0.25, -0.2) is 0 Å². The van der Waals surface area contributed by atoms with Crippen LogP contribution in [-0.2, 0) is 6.54 Å². The summed E-state index contributed by atoms with van der Waals surface area (Å²) in [6.07, 6.45) is 4.01. The predicted octanol–water partition coefficient (Wildman–Crippen LogP) is 3.30. The lowest BCUT2D eigenvalue weighted by atomic mass is 10.1. The van der Waals surface area contributed by atoms with Crippen molar-refractivity contribution in [3.63, 3.8) is 0 Å². The molecule has 0 aliphatic rings.